The fourth-order valence-electron chi connectivity index (χ4n) is 6.28. The predicted molar refractivity (Wildman–Crippen MR) is 135 cm³/mol. The third-order valence-electron chi connectivity index (χ3n) is 8.28. The molecular formula is C27H34N4O6. The van der Waals surface area contributed by atoms with Crippen molar-refractivity contribution in [1.29, 1.82) is 0 Å². The summed E-state index contributed by atoms with van der Waals surface area (Å²) in [6.45, 7) is 4.23. The highest BCUT2D eigenvalue weighted by Gasteiger charge is 2.52. The number of carboxylic acid groups (broad SMARTS) is 1. The van der Waals surface area contributed by atoms with Gasteiger partial charge in [-0.05, 0) is 69.6 Å². The number of fused-ring (bicyclic) bond motifs is 1. The molecule has 1 spiro atoms. The second-order valence-corrected chi connectivity index (χ2v) is 11.5. The number of rotatable bonds is 7. The minimum atomic E-state index is -1.22. The molecule has 5 rings (SSSR count). The maximum Gasteiger partial charge on any atom is 0.326 e. The standard InChI is InChI=1S/C27H34N4O6/c1-26(2)12-15(22(32)30-26)10-19(25(35)36)29-23(33)20-13-27(8-5-9-27)14-31(20)24(34)18-11-16-17(28-18)6-4-7-21(16)37-3/h4,6-7,11,15,19-20,28H,5,8-10,12-14H2,1-3H3,(H,29,33)(H,30,32)(H,35,36)/t15-,19+,20?/m1/s1. The summed E-state index contributed by atoms with van der Waals surface area (Å²) in [4.78, 5) is 56.3. The Balaban J connectivity index is 1.36. The molecule has 198 valence electrons. The monoisotopic (exact) mass is 510 g/mol. The Morgan fingerprint density at radius 3 is 2.59 bits per heavy atom. The summed E-state index contributed by atoms with van der Waals surface area (Å²) in [6, 6.07) is 5.24. The van der Waals surface area contributed by atoms with Gasteiger partial charge in [0.25, 0.3) is 5.91 Å². The SMILES string of the molecule is COc1cccc2[nH]c(C(=O)N3CC4(CCC4)CC3C(=O)N[C@@H](C[C@@H]3CC(C)(C)NC3=O)C(=O)O)cc12. The molecule has 3 heterocycles. The van der Waals surface area contributed by atoms with Gasteiger partial charge in [0, 0.05) is 28.9 Å². The number of aliphatic carboxylic acids is 1. The molecule has 2 aliphatic heterocycles. The molecule has 3 aliphatic rings. The lowest BCUT2D eigenvalue weighted by Crippen LogP contribution is -2.51. The lowest BCUT2D eigenvalue weighted by Gasteiger charge is -2.37. The van der Waals surface area contributed by atoms with Crippen LogP contribution >= 0.6 is 0 Å². The van der Waals surface area contributed by atoms with Crippen molar-refractivity contribution in [1.82, 2.24) is 20.5 Å². The van der Waals surface area contributed by atoms with Gasteiger partial charge in [-0.15, -0.1) is 0 Å². The number of carbonyl (C=O) groups is 4. The molecule has 3 atom stereocenters. The van der Waals surface area contributed by atoms with E-state index in [0.29, 0.717) is 30.8 Å². The number of ether oxygens (including phenoxy) is 1. The first-order valence-corrected chi connectivity index (χ1v) is 12.8. The molecule has 0 bridgehead atoms. The van der Waals surface area contributed by atoms with E-state index in [1.165, 1.54) is 0 Å². The van der Waals surface area contributed by atoms with Crippen molar-refractivity contribution >= 4 is 34.6 Å². The highest BCUT2D eigenvalue weighted by Crippen LogP contribution is 2.50. The normalized spacial score (nSPS) is 24.5. The molecule has 10 nitrogen and oxygen atoms in total. The van der Waals surface area contributed by atoms with Crippen molar-refractivity contribution in [2.24, 2.45) is 11.3 Å². The van der Waals surface area contributed by atoms with Crippen LogP contribution in [0, 0.1) is 11.3 Å². The molecule has 0 radical (unpaired) electrons. The number of nitrogens with one attached hydrogen (secondary N) is 3. The predicted octanol–water partition coefficient (Wildman–Crippen LogP) is 2.44. The van der Waals surface area contributed by atoms with Crippen molar-refractivity contribution in [3.63, 3.8) is 0 Å². The largest absolute Gasteiger partial charge is 0.496 e. The van der Waals surface area contributed by atoms with Gasteiger partial charge in [-0.25, -0.2) is 4.79 Å². The van der Waals surface area contributed by atoms with Crippen LogP contribution in [0.5, 0.6) is 5.75 Å². The van der Waals surface area contributed by atoms with Crippen molar-refractivity contribution in [3.8, 4) is 5.75 Å². The van der Waals surface area contributed by atoms with Crippen LogP contribution in [0.2, 0.25) is 0 Å². The fourth-order valence-corrected chi connectivity index (χ4v) is 6.28. The van der Waals surface area contributed by atoms with Crippen molar-refractivity contribution < 1.29 is 29.0 Å². The number of aromatic amines is 1. The van der Waals surface area contributed by atoms with Crippen LogP contribution < -0.4 is 15.4 Å². The summed E-state index contributed by atoms with van der Waals surface area (Å²) in [5.41, 5.74) is 0.580. The van der Waals surface area contributed by atoms with Gasteiger partial charge in [-0.3, -0.25) is 14.4 Å². The Hall–Kier alpha value is -3.56. The average molecular weight is 511 g/mol. The van der Waals surface area contributed by atoms with Gasteiger partial charge < -0.3 is 30.4 Å². The van der Waals surface area contributed by atoms with E-state index >= 15 is 0 Å². The summed E-state index contributed by atoms with van der Waals surface area (Å²) in [5, 5.41) is 16.1. The molecule has 1 aliphatic carbocycles. The van der Waals surface area contributed by atoms with E-state index in [0.717, 1.165) is 30.2 Å². The van der Waals surface area contributed by atoms with E-state index in [1.54, 1.807) is 18.1 Å². The molecule has 2 aromatic rings. The van der Waals surface area contributed by atoms with Gasteiger partial charge in [0.1, 0.15) is 23.5 Å². The highest BCUT2D eigenvalue weighted by atomic mass is 16.5. The van der Waals surface area contributed by atoms with Crippen LogP contribution in [0.3, 0.4) is 0 Å². The summed E-state index contributed by atoms with van der Waals surface area (Å²) in [6.07, 6.45) is 3.90. The molecule has 1 aromatic carbocycles. The van der Waals surface area contributed by atoms with E-state index in [2.05, 4.69) is 15.6 Å². The number of benzene rings is 1. The van der Waals surface area contributed by atoms with Gasteiger partial charge in [0.15, 0.2) is 0 Å². The zero-order valence-corrected chi connectivity index (χ0v) is 21.4. The van der Waals surface area contributed by atoms with Crippen LogP contribution in [0.1, 0.15) is 62.9 Å². The summed E-state index contributed by atoms with van der Waals surface area (Å²) in [5.74, 6) is -2.05. The van der Waals surface area contributed by atoms with Crippen LogP contribution in [-0.2, 0) is 14.4 Å². The number of likely N-dealkylation sites (tertiary alicyclic amines) is 1. The smallest absolute Gasteiger partial charge is 0.326 e. The Morgan fingerprint density at radius 1 is 1.24 bits per heavy atom. The van der Waals surface area contributed by atoms with Crippen LogP contribution in [0.15, 0.2) is 24.3 Å². The molecule has 4 N–H and O–H groups in total. The Bertz CT molecular complexity index is 1260. The lowest BCUT2D eigenvalue weighted by molar-refractivity contribution is -0.143. The Labute approximate surface area is 215 Å². The van der Waals surface area contributed by atoms with Crippen LogP contribution in [0.25, 0.3) is 10.9 Å². The number of nitrogens with zero attached hydrogens (tertiary/aromatic N) is 1. The van der Waals surface area contributed by atoms with Crippen molar-refractivity contribution in [2.75, 3.05) is 13.7 Å². The quantitative estimate of drug-likeness (QED) is 0.451. The molecule has 10 heteroatoms. The highest BCUT2D eigenvalue weighted by molar-refractivity contribution is 6.02. The van der Waals surface area contributed by atoms with E-state index < -0.39 is 35.4 Å². The zero-order valence-electron chi connectivity index (χ0n) is 21.4. The van der Waals surface area contributed by atoms with Gasteiger partial charge in [0.05, 0.1) is 7.11 Å². The average Bonchev–Trinajstić information content (AvgIpc) is 3.50. The minimum absolute atomic E-state index is 0.00393. The molecule has 3 fully saturated rings. The van der Waals surface area contributed by atoms with E-state index in [-0.39, 0.29) is 23.7 Å². The number of aromatic nitrogens is 1. The van der Waals surface area contributed by atoms with Gasteiger partial charge in [-0.1, -0.05) is 12.5 Å². The Morgan fingerprint density at radius 2 is 2.00 bits per heavy atom. The molecule has 3 amide bonds. The van der Waals surface area contributed by atoms with Gasteiger partial charge in [0.2, 0.25) is 11.8 Å². The van der Waals surface area contributed by atoms with Crippen molar-refractivity contribution in [2.45, 2.75) is 70.0 Å². The Kier molecular flexibility index (Phi) is 6.16. The third kappa shape index (κ3) is 4.65. The summed E-state index contributed by atoms with van der Waals surface area (Å²) in [7, 11) is 1.57. The number of hydrogen-bond acceptors (Lipinski definition) is 5. The van der Waals surface area contributed by atoms with Gasteiger partial charge >= 0.3 is 5.97 Å². The van der Waals surface area contributed by atoms with Gasteiger partial charge in [-0.2, -0.15) is 0 Å². The molecule has 1 aromatic heterocycles. The summed E-state index contributed by atoms with van der Waals surface area (Å²) >= 11 is 0. The minimum Gasteiger partial charge on any atom is -0.496 e. The molecule has 1 saturated carbocycles. The van der Waals surface area contributed by atoms with Crippen LogP contribution in [-0.4, -0.2) is 70.0 Å². The van der Waals surface area contributed by atoms with Crippen LogP contribution in [0.4, 0.5) is 0 Å². The lowest BCUT2D eigenvalue weighted by atomic mass is 9.67. The first kappa shape index (κ1) is 25.1. The third-order valence-corrected chi connectivity index (χ3v) is 8.28. The topological polar surface area (TPSA) is 141 Å². The molecule has 1 unspecified atom stereocenters. The number of hydrogen-bond donors (Lipinski definition) is 4. The summed E-state index contributed by atoms with van der Waals surface area (Å²) < 4.78 is 5.41. The fraction of sp³-hybridized carbons (Fsp3) is 0.556. The van der Waals surface area contributed by atoms with E-state index in [1.807, 2.05) is 32.0 Å². The second-order valence-electron chi connectivity index (χ2n) is 11.5. The number of carboxylic acids is 1. The number of carbonyl (C=O) groups excluding carboxylic acids is 3. The first-order valence-electron chi connectivity index (χ1n) is 12.8. The zero-order chi connectivity index (χ0) is 26.5. The number of H-pyrrole nitrogens is 1. The van der Waals surface area contributed by atoms with E-state index in [4.69, 9.17) is 4.74 Å². The maximum absolute atomic E-state index is 13.7. The first-order chi connectivity index (χ1) is 17.5. The molecule has 37 heavy (non-hydrogen) atoms. The number of methoxy groups -OCH3 is 1. The molecule has 2 saturated heterocycles. The van der Waals surface area contributed by atoms with Crippen molar-refractivity contribution in [3.05, 3.63) is 30.0 Å². The molecular weight excluding hydrogens is 476 g/mol. The maximum atomic E-state index is 13.7. The van der Waals surface area contributed by atoms with E-state index in [9.17, 15) is 24.3 Å². The second kappa shape index (κ2) is 9.08. The number of amides is 3.